The lowest BCUT2D eigenvalue weighted by Gasteiger charge is -2.15. The van der Waals surface area contributed by atoms with Crippen LogP contribution in [0.15, 0.2) is 199 Å². The van der Waals surface area contributed by atoms with Crippen LogP contribution in [0.5, 0.6) is 0 Å². The van der Waals surface area contributed by atoms with Crippen LogP contribution in [0.1, 0.15) is 0 Å². The van der Waals surface area contributed by atoms with Crippen LogP contribution in [-0.4, -0.2) is 9.97 Å². The molecular formula is C54H32N2O. The van der Waals surface area contributed by atoms with E-state index in [0.29, 0.717) is 5.82 Å². The van der Waals surface area contributed by atoms with Gasteiger partial charge in [-0.15, -0.1) is 0 Å². The molecule has 57 heavy (non-hydrogen) atoms. The lowest BCUT2D eigenvalue weighted by molar-refractivity contribution is 0.669. The molecule has 9 aromatic carbocycles. The SMILES string of the molecule is c1ccc(-c2cccc(-c3cc(-c4ccc(-c5ccccc5)c5ccccc45)nc(-c4ccc5c6c(cccc46)-c4c-5ccc5oc6ccccc6c45)n3)c2)cc1. The van der Waals surface area contributed by atoms with Gasteiger partial charge in [-0.1, -0.05) is 158 Å². The molecule has 1 aliphatic carbocycles. The van der Waals surface area contributed by atoms with Gasteiger partial charge < -0.3 is 4.42 Å². The van der Waals surface area contributed by atoms with Gasteiger partial charge in [0, 0.05) is 33.0 Å². The Balaban J connectivity index is 1.10. The largest absolute Gasteiger partial charge is 0.456 e. The van der Waals surface area contributed by atoms with Crippen molar-refractivity contribution in [2.45, 2.75) is 0 Å². The van der Waals surface area contributed by atoms with E-state index in [0.717, 1.165) is 66.4 Å². The third-order valence-electron chi connectivity index (χ3n) is 11.7. The van der Waals surface area contributed by atoms with Gasteiger partial charge in [0.15, 0.2) is 5.82 Å². The van der Waals surface area contributed by atoms with Gasteiger partial charge in [0.25, 0.3) is 0 Å². The van der Waals surface area contributed by atoms with E-state index >= 15 is 0 Å². The zero-order valence-corrected chi connectivity index (χ0v) is 30.8. The number of benzene rings is 9. The molecule has 3 nitrogen and oxygen atoms in total. The second-order valence-corrected chi connectivity index (χ2v) is 14.8. The lowest BCUT2D eigenvalue weighted by Crippen LogP contribution is -1.98. The highest BCUT2D eigenvalue weighted by molar-refractivity contribution is 6.26. The minimum Gasteiger partial charge on any atom is -0.456 e. The van der Waals surface area contributed by atoms with Crippen LogP contribution in [0.2, 0.25) is 0 Å². The number of nitrogens with zero attached hydrogens (tertiary/aromatic N) is 2. The Bertz CT molecular complexity index is 3400. The van der Waals surface area contributed by atoms with Gasteiger partial charge in [-0.3, -0.25) is 0 Å². The van der Waals surface area contributed by atoms with Crippen molar-refractivity contribution in [3.63, 3.8) is 0 Å². The first kappa shape index (κ1) is 31.7. The van der Waals surface area contributed by atoms with Gasteiger partial charge in [-0.05, 0) is 96.9 Å². The standard InChI is InChI=1S/C54H32N2O/c1-3-13-33(14-4-1)35-17-11-18-36(31-35)47-32-48(40-26-25-37(34-15-5-2-6-16-34)38-19-7-8-20-39(38)40)56-54(55-47)44-28-27-42-43-29-30-50-53(45-21-9-10-24-49(45)57-50)52(43)46-23-12-22-41(44)51(42)46/h1-32H. The Morgan fingerprint density at radius 2 is 0.895 bits per heavy atom. The first-order valence-corrected chi connectivity index (χ1v) is 19.4. The maximum absolute atomic E-state index is 6.36. The number of rotatable bonds is 5. The van der Waals surface area contributed by atoms with Crippen molar-refractivity contribution in [3.05, 3.63) is 194 Å². The smallest absolute Gasteiger partial charge is 0.161 e. The van der Waals surface area contributed by atoms with E-state index in [1.54, 1.807) is 0 Å². The minimum atomic E-state index is 0.697. The Morgan fingerprint density at radius 1 is 0.298 bits per heavy atom. The monoisotopic (exact) mass is 724 g/mol. The predicted molar refractivity (Wildman–Crippen MR) is 236 cm³/mol. The predicted octanol–water partition coefficient (Wildman–Crippen LogP) is 14.7. The van der Waals surface area contributed by atoms with Crippen LogP contribution in [0.25, 0.3) is 122 Å². The highest BCUT2D eigenvalue weighted by atomic mass is 16.3. The first-order chi connectivity index (χ1) is 28.3. The third kappa shape index (κ3) is 4.92. The summed E-state index contributed by atoms with van der Waals surface area (Å²) in [6, 6.07) is 68.9. The molecule has 0 amide bonds. The number of fused-ring (bicyclic) bond motifs is 8. The van der Waals surface area contributed by atoms with Gasteiger partial charge in [0.2, 0.25) is 0 Å². The van der Waals surface area contributed by atoms with Crippen molar-refractivity contribution in [2.75, 3.05) is 0 Å². The summed E-state index contributed by atoms with van der Waals surface area (Å²) in [7, 11) is 0. The summed E-state index contributed by atoms with van der Waals surface area (Å²) >= 11 is 0. The van der Waals surface area contributed by atoms with Crippen molar-refractivity contribution in [1.29, 1.82) is 0 Å². The van der Waals surface area contributed by atoms with Gasteiger partial charge in [-0.25, -0.2) is 9.97 Å². The van der Waals surface area contributed by atoms with Crippen LogP contribution < -0.4 is 0 Å². The Hall–Kier alpha value is -7.62. The number of furan rings is 1. The summed E-state index contributed by atoms with van der Waals surface area (Å²) in [6.45, 7) is 0. The molecular weight excluding hydrogens is 693 g/mol. The normalized spacial score (nSPS) is 11.9. The average molecular weight is 725 g/mol. The molecule has 12 rings (SSSR count). The average Bonchev–Trinajstić information content (AvgIpc) is 3.83. The summed E-state index contributed by atoms with van der Waals surface area (Å²) in [4.78, 5) is 10.9. The van der Waals surface area contributed by atoms with Crippen molar-refractivity contribution in [3.8, 4) is 78.4 Å². The Kier molecular flexibility index (Phi) is 6.93. The number of aromatic nitrogens is 2. The molecule has 0 fully saturated rings. The van der Waals surface area contributed by atoms with Crippen molar-refractivity contribution >= 4 is 43.5 Å². The van der Waals surface area contributed by atoms with Gasteiger partial charge in [-0.2, -0.15) is 0 Å². The zero-order valence-electron chi connectivity index (χ0n) is 30.8. The van der Waals surface area contributed by atoms with E-state index in [1.807, 2.05) is 6.07 Å². The number of hydrogen-bond donors (Lipinski definition) is 0. The quantitative estimate of drug-likeness (QED) is 0.177. The molecule has 0 saturated carbocycles. The van der Waals surface area contributed by atoms with E-state index in [9.17, 15) is 0 Å². The van der Waals surface area contributed by atoms with Crippen molar-refractivity contribution in [2.24, 2.45) is 0 Å². The summed E-state index contributed by atoms with van der Waals surface area (Å²) < 4.78 is 6.36. The molecule has 0 atom stereocenters. The van der Waals surface area contributed by atoms with Crippen LogP contribution in [0.4, 0.5) is 0 Å². The Labute approximate surface area is 329 Å². The number of para-hydroxylation sites is 1. The van der Waals surface area contributed by atoms with Crippen LogP contribution >= 0.6 is 0 Å². The second kappa shape index (κ2) is 12.5. The van der Waals surface area contributed by atoms with Crippen LogP contribution in [-0.2, 0) is 0 Å². The fraction of sp³-hybridized carbons (Fsp3) is 0. The molecule has 3 heteroatoms. The highest BCUT2D eigenvalue weighted by Gasteiger charge is 2.27. The maximum atomic E-state index is 6.36. The molecule has 0 radical (unpaired) electrons. The molecule has 11 aromatic rings. The van der Waals surface area contributed by atoms with E-state index in [1.165, 1.54) is 49.7 Å². The number of hydrogen-bond acceptors (Lipinski definition) is 3. The van der Waals surface area contributed by atoms with Crippen LogP contribution in [0.3, 0.4) is 0 Å². The molecule has 0 unspecified atom stereocenters. The summed E-state index contributed by atoms with van der Waals surface area (Å²) in [5.41, 5.74) is 16.3. The minimum absolute atomic E-state index is 0.697. The molecule has 0 bridgehead atoms. The van der Waals surface area contributed by atoms with Gasteiger partial charge in [0.05, 0.1) is 11.4 Å². The molecule has 0 saturated heterocycles. The summed E-state index contributed by atoms with van der Waals surface area (Å²) in [6.07, 6.45) is 0. The first-order valence-electron chi connectivity index (χ1n) is 19.4. The molecule has 0 spiro atoms. The van der Waals surface area contributed by atoms with Gasteiger partial charge >= 0.3 is 0 Å². The highest BCUT2D eigenvalue weighted by Crippen LogP contribution is 2.53. The van der Waals surface area contributed by atoms with E-state index in [2.05, 4.69) is 188 Å². The summed E-state index contributed by atoms with van der Waals surface area (Å²) in [5, 5.41) is 7.00. The summed E-state index contributed by atoms with van der Waals surface area (Å²) in [5.74, 6) is 0.697. The van der Waals surface area contributed by atoms with Crippen LogP contribution in [0, 0.1) is 0 Å². The zero-order chi connectivity index (χ0) is 37.5. The molecule has 2 heterocycles. The molecule has 264 valence electrons. The molecule has 0 N–H and O–H groups in total. The van der Waals surface area contributed by atoms with E-state index in [-0.39, 0.29) is 0 Å². The second-order valence-electron chi connectivity index (χ2n) is 14.8. The lowest BCUT2D eigenvalue weighted by atomic mass is 9.93. The molecule has 0 aliphatic heterocycles. The Morgan fingerprint density at radius 3 is 1.74 bits per heavy atom. The van der Waals surface area contributed by atoms with Gasteiger partial charge in [0.1, 0.15) is 11.2 Å². The van der Waals surface area contributed by atoms with E-state index < -0.39 is 0 Å². The third-order valence-corrected chi connectivity index (χ3v) is 11.7. The molecule has 1 aliphatic rings. The van der Waals surface area contributed by atoms with E-state index in [4.69, 9.17) is 14.4 Å². The fourth-order valence-electron chi connectivity index (χ4n) is 9.09. The fourth-order valence-corrected chi connectivity index (χ4v) is 9.09. The maximum Gasteiger partial charge on any atom is 0.161 e. The van der Waals surface area contributed by atoms with Crippen molar-refractivity contribution in [1.82, 2.24) is 9.97 Å². The topological polar surface area (TPSA) is 38.9 Å². The molecule has 2 aromatic heterocycles. The van der Waals surface area contributed by atoms with Crippen molar-refractivity contribution < 1.29 is 4.42 Å².